The lowest BCUT2D eigenvalue weighted by molar-refractivity contribution is -0.126. The van der Waals surface area contributed by atoms with Crippen molar-refractivity contribution in [2.45, 2.75) is 12.5 Å². The molecule has 0 aliphatic heterocycles. The molecule has 0 saturated carbocycles. The predicted octanol–water partition coefficient (Wildman–Crippen LogP) is -3.15. The highest BCUT2D eigenvalue weighted by Crippen LogP contribution is 1.86. The van der Waals surface area contributed by atoms with Gasteiger partial charge in [0.25, 0.3) is 0 Å². The summed E-state index contributed by atoms with van der Waals surface area (Å²) in [5, 5.41) is 2.36. The second-order valence-corrected chi connectivity index (χ2v) is 5.07. The Bertz CT molecular complexity index is 353. The molecular weight excluding hydrogens is 236 g/mol. The van der Waals surface area contributed by atoms with Crippen molar-refractivity contribution < 1.29 is 18.0 Å². The molecule has 16 heavy (non-hydrogen) atoms. The van der Waals surface area contributed by atoms with E-state index in [0.717, 1.165) is 6.26 Å². The summed E-state index contributed by atoms with van der Waals surface area (Å²) in [6.07, 6.45) is 0.763. The summed E-state index contributed by atoms with van der Waals surface area (Å²) in [5.41, 5.74) is 10.2. The summed E-state index contributed by atoms with van der Waals surface area (Å²) in [6.45, 7) is 0.159. The molecule has 0 fully saturated rings. The fraction of sp³-hybridized carbons (Fsp3) is 0.714. The van der Waals surface area contributed by atoms with Crippen molar-refractivity contribution in [3.05, 3.63) is 0 Å². The lowest BCUT2D eigenvalue weighted by atomic mass is 10.2. The Morgan fingerprint density at radius 1 is 1.31 bits per heavy atom. The molecule has 0 heterocycles. The molecule has 0 saturated heterocycles. The monoisotopic (exact) mass is 252 g/mol. The normalized spacial score (nSPS) is 13.1. The number of hydrogen-bond donors (Lipinski definition) is 4. The number of nitrogens with two attached hydrogens (primary N) is 2. The van der Waals surface area contributed by atoms with Crippen LogP contribution in [0.1, 0.15) is 6.42 Å². The average molecular weight is 252 g/mol. The predicted molar refractivity (Wildman–Crippen MR) is 57.6 cm³/mol. The van der Waals surface area contributed by atoms with E-state index >= 15 is 0 Å². The zero-order valence-electron chi connectivity index (χ0n) is 8.89. The molecule has 1 atom stereocenters. The maximum absolute atomic E-state index is 11.2. The molecule has 1 unspecified atom stereocenters. The number of hydrogen-bond acceptors (Lipinski definition) is 5. The first-order valence-electron chi connectivity index (χ1n) is 4.48. The van der Waals surface area contributed by atoms with Gasteiger partial charge in [0.05, 0.1) is 18.7 Å². The molecular formula is C7H16N4O4S. The summed E-state index contributed by atoms with van der Waals surface area (Å²) in [7, 11) is -3.27. The van der Waals surface area contributed by atoms with Crippen LogP contribution in [-0.4, -0.2) is 45.6 Å². The second-order valence-electron chi connectivity index (χ2n) is 3.23. The second kappa shape index (κ2) is 6.40. The Morgan fingerprint density at radius 3 is 2.31 bits per heavy atom. The van der Waals surface area contributed by atoms with Gasteiger partial charge in [0, 0.05) is 13.1 Å². The van der Waals surface area contributed by atoms with Gasteiger partial charge in [-0.15, -0.1) is 0 Å². The van der Waals surface area contributed by atoms with E-state index in [1.165, 1.54) is 0 Å². The number of carbonyl (C=O) groups excluding carboxylic acids is 2. The topological polar surface area (TPSA) is 144 Å². The molecule has 0 aromatic carbocycles. The molecule has 94 valence electrons. The van der Waals surface area contributed by atoms with Gasteiger partial charge in [-0.25, -0.2) is 13.1 Å². The van der Waals surface area contributed by atoms with Crippen LogP contribution in [0.4, 0.5) is 0 Å². The number of nitrogens with one attached hydrogen (secondary N) is 2. The molecule has 0 aromatic heterocycles. The van der Waals surface area contributed by atoms with Crippen LogP contribution in [0.5, 0.6) is 0 Å². The molecule has 9 heteroatoms. The molecule has 0 radical (unpaired) electrons. The van der Waals surface area contributed by atoms with Gasteiger partial charge in [0.2, 0.25) is 21.8 Å². The van der Waals surface area contributed by atoms with Gasteiger partial charge in [0.1, 0.15) is 0 Å². The van der Waals surface area contributed by atoms with E-state index in [2.05, 4.69) is 10.0 Å². The lowest BCUT2D eigenvalue weighted by Gasteiger charge is -2.10. The SMILES string of the molecule is CS(=O)(=O)NCCNC(=O)C(N)CC(N)=O. The quantitative estimate of drug-likeness (QED) is 0.354. The van der Waals surface area contributed by atoms with Crippen molar-refractivity contribution in [3.8, 4) is 0 Å². The van der Waals surface area contributed by atoms with Crippen LogP contribution in [0.15, 0.2) is 0 Å². The van der Waals surface area contributed by atoms with E-state index in [1.54, 1.807) is 0 Å². The molecule has 0 bridgehead atoms. The van der Waals surface area contributed by atoms with Gasteiger partial charge in [-0.05, 0) is 0 Å². The summed E-state index contributed by atoms with van der Waals surface area (Å²) in [5.74, 6) is -1.22. The van der Waals surface area contributed by atoms with Crippen molar-refractivity contribution in [1.29, 1.82) is 0 Å². The molecule has 2 amide bonds. The Labute approximate surface area is 93.8 Å². The van der Waals surface area contributed by atoms with Crippen LogP contribution in [0.3, 0.4) is 0 Å². The fourth-order valence-electron chi connectivity index (χ4n) is 0.863. The summed E-state index contributed by atoms with van der Waals surface area (Å²) in [6, 6.07) is -1.00. The summed E-state index contributed by atoms with van der Waals surface area (Å²) in [4.78, 5) is 21.6. The van der Waals surface area contributed by atoms with Crippen LogP contribution in [0, 0.1) is 0 Å². The van der Waals surface area contributed by atoms with Crippen LogP contribution in [0.2, 0.25) is 0 Å². The van der Waals surface area contributed by atoms with Crippen LogP contribution in [0.25, 0.3) is 0 Å². The van der Waals surface area contributed by atoms with Crippen molar-refractivity contribution >= 4 is 21.8 Å². The number of amides is 2. The Hall–Kier alpha value is -1.19. The molecule has 8 nitrogen and oxygen atoms in total. The summed E-state index contributed by atoms with van der Waals surface area (Å²) >= 11 is 0. The van der Waals surface area contributed by atoms with E-state index < -0.39 is 27.9 Å². The molecule has 0 aromatic rings. The fourth-order valence-corrected chi connectivity index (χ4v) is 1.34. The highest BCUT2D eigenvalue weighted by atomic mass is 32.2. The third-order valence-electron chi connectivity index (χ3n) is 1.55. The lowest BCUT2D eigenvalue weighted by Crippen LogP contribution is -2.45. The molecule has 0 aliphatic carbocycles. The van der Waals surface area contributed by atoms with Crippen LogP contribution in [-0.2, 0) is 19.6 Å². The Morgan fingerprint density at radius 2 is 1.88 bits per heavy atom. The number of rotatable bonds is 7. The zero-order chi connectivity index (χ0) is 12.8. The average Bonchev–Trinajstić information content (AvgIpc) is 2.09. The van der Waals surface area contributed by atoms with E-state index in [9.17, 15) is 18.0 Å². The van der Waals surface area contributed by atoms with Gasteiger partial charge in [0.15, 0.2) is 0 Å². The first kappa shape index (κ1) is 14.8. The largest absolute Gasteiger partial charge is 0.370 e. The van der Waals surface area contributed by atoms with E-state index in [0.29, 0.717) is 0 Å². The third-order valence-corrected chi connectivity index (χ3v) is 2.27. The van der Waals surface area contributed by atoms with E-state index in [1.807, 2.05) is 0 Å². The molecule has 0 rings (SSSR count). The standard InChI is InChI=1S/C7H16N4O4S/c1-16(14,15)11-3-2-10-7(13)5(8)4-6(9)12/h5,11H,2-4,8H2,1H3,(H2,9,12)(H,10,13). The van der Waals surface area contributed by atoms with Gasteiger partial charge in [-0.1, -0.05) is 0 Å². The molecule has 0 aliphatic rings. The van der Waals surface area contributed by atoms with E-state index in [-0.39, 0.29) is 19.5 Å². The minimum Gasteiger partial charge on any atom is -0.370 e. The smallest absolute Gasteiger partial charge is 0.237 e. The number of carbonyl (C=O) groups is 2. The molecule has 6 N–H and O–H groups in total. The summed E-state index contributed by atoms with van der Waals surface area (Å²) < 4.78 is 23.5. The van der Waals surface area contributed by atoms with E-state index in [4.69, 9.17) is 11.5 Å². The first-order chi connectivity index (χ1) is 7.22. The van der Waals surface area contributed by atoms with Gasteiger partial charge >= 0.3 is 0 Å². The first-order valence-corrected chi connectivity index (χ1v) is 6.37. The van der Waals surface area contributed by atoms with Crippen molar-refractivity contribution in [2.24, 2.45) is 11.5 Å². The number of sulfonamides is 1. The van der Waals surface area contributed by atoms with Crippen molar-refractivity contribution in [3.63, 3.8) is 0 Å². The maximum Gasteiger partial charge on any atom is 0.237 e. The Kier molecular flexibility index (Phi) is 5.93. The minimum atomic E-state index is -3.27. The maximum atomic E-state index is 11.2. The minimum absolute atomic E-state index is 0.0634. The molecule has 0 spiro atoms. The highest BCUT2D eigenvalue weighted by molar-refractivity contribution is 7.88. The zero-order valence-corrected chi connectivity index (χ0v) is 9.71. The number of primary amides is 1. The van der Waals surface area contributed by atoms with Crippen molar-refractivity contribution in [1.82, 2.24) is 10.0 Å². The van der Waals surface area contributed by atoms with Crippen LogP contribution < -0.4 is 21.5 Å². The van der Waals surface area contributed by atoms with Gasteiger partial charge in [-0.3, -0.25) is 9.59 Å². The highest BCUT2D eigenvalue weighted by Gasteiger charge is 2.15. The van der Waals surface area contributed by atoms with Crippen molar-refractivity contribution in [2.75, 3.05) is 19.3 Å². The van der Waals surface area contributed by atoms with Gasteiger partial charge in [-0.2, -0.15) is 0 Å². The van der Waals surface area contributed by atoms with Crippen LogP contribution >= 0.6 is 0 Å². The van der Waals surface area contributed by atoms with Gasteiger partial charge < -0.3 is 16.8 Å². The Balaban J connectivity index is 3.77. The third kappa shape index (κ3) is 8.15.